The molecule has 0 aliphatic carbocycles. The van der Waals surface area contributed by atoms with Gasteiger partial charge in [0.25, 0.3) is 0 Å². The minimum Gasteiger partial charge on any atom is -0.370 e. The zero-order chi connectivity index (χ0) is 11.4. The average molecular weight is 337 g/mol. The number of H-pyrrole nitrogens is 1. The summed E-state index contributed by atoms with van der Waals surface area (Å²) in [4.78, 5) is 4.25. The van der Waals surface area contributed by atoms with Crippen LogP contribution in [0.2, 0.25) is 0 Å². The van der Waals surface area contributed by atoms with Crippen LogP contribution in [0.4, 0.5) is 0 Å². The molecule has 92 valence electrons. The summed E-state index contributed by atoms with van der Waals surface area (Å²) in [6.07, 6.45) is 0. The Morgan fingerprint density at radius 3 is 2.56 bits per heavy atom. The van der Waals surface area contributed by atoms with Gasteiger partial charge in [-0.05, 0) is 27.7 Å². The van der Waals surface area contributed by atoms with Crippen LogP contribution in [-0.2, 0) is 6.54 Å². The van der Waals surface area contributed by atoms with Gasteiger partial charge in [-0.2, -0.15) is 5.10 Å². The zero-order valence-electron chi connectivity index (χ0n) is 10.2. The van der Waals surface area contributed by atoms with E-state index in [1.54, 1.807) is 0 Å². The van der Waals surface area contributed by atoms with E-state index in [9.17, 15) is 0 Å². The predicted octanol–water partition coefficient (Wildman–Crippen LogP) is 1.46. The predicted molar refractivity (Wildman–Crippen MR) is 77.1 cm³/mol. The molecule has 1 aromatic heterocycles. The van der Waals surface area contributed by atoms with Crippen LogP contribution in [0, 0.1) is 13.8 Å². The van der Waals surface area contributed by atoms with Gasteiger partial charge in [-0.1, -0.05) is 0 Å². The van der Waals surface area contributed by atoms with E-state index in [1.165, 1.54) is 0 Å². The Morgan fingerprint density at radius 1 is 1.50 bits per heavy atom. The smallest absolute Gasteiger partial charge is 0.189 e. The summed E-state index contributed by atoms with van der Waals surface area (Å²) in [5.41, 5.74) is 8.84. The number of hydrogen-bond donors (Lipinski definition) is 3. The highest BCUT2D eigenvalue weighted by atomic mass is 127. The number of aromatic nitrogens is 2. The summed E-state index contributed by atoms with van der Waals surface area (Å²) in [6.45, 7) is 8.56. The van der Waals surface area contributed by atoms with E-state index >= 15 is 0 Å². The summed E-state index contributed by atoms with van der Waals surface area (Å²) in [7, 11) is 0. The first-order valence-electron chi connectivity index (χ1n) is 5.07. The Labute approximate surface area is 113 Å². The summed E-state index contributed by atoms with van der Waals surface area (Å²) < 4.78 is 0. The van der Waals surface area contributed by atoms with Crippen molar-refractivity contribution in [2.75, 3.05) is 0 Å². The number of nitrogens with two attached hydrogens (primary N) is 1. The number of nitrogens with one attached hydrogen (secondary N) is 2. The molecule has 0 saturated carbocycles. The third-order valence-corrected chi connectivity index (χ3v) is 2.12. The van der Waals surface area contributed by atoms with Gasteiger partial charge in [0.1, 0.15) is 0 Å². The maximum absolute atomic E-state index is 5.70. The van der Waals surface area contributed by atoms with E-state index in [-0.39, 0.29) is 24.0 Å². The van der Waals surface area contributed by atoms with Crippen LogP contribution >= 0.6 is 24.0 Å². The molecule has 0 amide bonds. The number of aryl methyl sites for hydroxylation is 2. The van der Waals surface area contributed by atoms with Crippen molar-refractivity contribution >= 4 is 29.9 Å². The topological polar surface area (TPSA) is 79.1 Å². The standard InChI is InChI=1S/C10H19N5.HI/c1-6(2)13-10(11)12-5-9-7(3)14-15-8(9)4;/h6H,5H2,1-4H3,(H,14,15)(H3,11,12,13);1H. The van der Waals surface area contributed by atoms with Gasteiger partial charge in [0, 0.05) is 17.3 Å². The van der Waals surface area contributed by atoms with Crippen molar-refractivity contribution in [1.29, 1.82) is 0 Å². The van der Waals surface area contributed by atoms with Gasteiger partial charge in [0.2, 0.25) is 0 Å². The quantitative estimate of drug-likeness (QED) is 0.444. The number of guanidine groups is 1. The largest absolute Gasteiger partial charge is 0.370 e. The Hall–Kier alpha value is -0.790. The lowest BCUT2D eigenvalue weighted by Crippen LogP contribution is -2.36. The van der Waals surface area contributed by atoms with Gasteiger partial charge in [0.15, 0.2) is 5.96 Å². The molecule has 0 aliphatic heterocycles. The van der Waals surface area contributed by atoms with Crippen molar-refractivity contribution < 1.29 is 0 Å². The van der Waals surface area contributed by atoms with E-state index in [0.29, 0.717) is 18.5 Å². The molecule has 0 radical (unpaired) electrons. The van der Waals surface area contributed by atoms with Crippen molar-refractivity contribution in [3.8, 4) is 0 Å². The molecular weight excluding hydrogens is 317 g/mol. The van der Waals surface area contributed by atoms with Gasteiger partial charge in [0.05, 0.1) is 12.2 Å². The monoisotopic (exact) mass is 337 g/mol. The van der Waals surface area contributed by atoms with E-state index in [2.05, 4.69) is 20.5 Å². The Kier molecular flexibility index (Phi) is 6.39. The van der Waals surface area contributed by atoms with Gasteiger partial charge >= 0.3 is 0 Å². The first-order valence-corrected chi connectivity index (χ1v) is 5.07. The minimum absolute atomic E-state index is 0. The third kappa shape index (κ3) is 4.38. The zero-order valence-corrected chi connectivity index (χ0v) is 12.5. The Morgan fingerprint density at radius 2 is 2.12 bits per heavy atom. The van der Waals surface area contributed by atoms with Gasteiger partial charge in [-0.25, -0.2) is 4.99 Å². The number of hydrogen-bond acceptors (Lipinski definition) is 2. The van der Waals surface area contributed by atoms with E-state index in [1.807, 2.05) is 27.7 Å². The number of halogens is 1. The average Bonchev–Trinajstić information content (AvgIpc) is 2.42. The van der Waals surface area contributed by atoms with Crippen LogP contribution in [0.1, 0.15) is 30.8 Å². The second kappa shape index (κ2) is 6.72. The lowest BCUT2D eigenvalue weighted by molar-refractivity contribution is 0.723. The number of aromatic amines is 1. The molecule has 1 rings (SSSR count). The highest BCUT2D eigenvalue weighted by Crippen LogP contribution is 2.09. The van der Waals surface area contributed by atoms with E-state index < -0.39 is 0 Å². The van der Waals surface area contributed by atoms with Crippen LogP contribution < -0.4 is 11.1 Å². The maximum Gasteiger partial charge on any atom is 0.189 e. The number of rotatable bonds is 3. The van der Waals surface area contributed by atoms with Crippen LogP contribution in [-0.4, -0.2) is 22.2 Å². The molecule has 0 unspecified atom stereocenters. The van der Waals surface area contributed by atoms with Crippen molar-refractivity contribution in [2.45, 2.75) is 40.3 Å². The molecule has 6 heteroatoms. The van der Waals surface area contributed by atoms with Crippen LogP contribution in [0.15, 0.2) is 4.99 Å². The van der Waals surface area contributed by atoms with Crippen molar-refractivity contribution in [3.05, 3.63) is 17.0 Å². The number of aliphatic imine (C=N–C) groups is 1. The molecule has 0 aliphatic rings. The highest BCUT2D eigenvalue weighted by Gasteiger charge is 2.05. The Bertz CT molecular complexity index is 337. The fourth-order valence-electron chi connectivity index (χ4n) is 1.31. The molecular formula is C10H20IN5. The SMILES string of the molecule is Cc1n[nH]c(C)c1CN=C(N)NC(C)C.I. The van der Waals surface area contributed by atoms with Gasteiger partial charge in [-0.3, -0.25) is 5.10 Å². The van der Waals surface area contributed by atoms with E-state index in [4.69, 9.17) is 5.73 Å². The van der Waals surface area contributed by atoms with Crippen molar-refractivity contribution in [2.24, 2.45) is 10.7 Å². The first-order chi connectivity index (χ1) is 7.00. The molecule has 0 aromatic carbocycles. The summed E-state index contributed by atoms with van der Waals surface area (Å²) >= 11 is 0. The van der Waals surface area contributed by atoms with E-state index in [0.717, 1.165) is 17.0 Å². The number of nitrogens with zero attached hydrogens (tertiary/aromatic N) is 2. The van der Waals surface area contributed by atoms with Crippen molar-refractivity contribution in [1.82, 2.24) is 15.5 Å². The van der Waals surface area contributed by atoms with Crippen LogP contribution in [0.5, 0.6) is 0 Å². The molecule has 16 heavy (non-hydrogen) atoms. The van der Waals surface area contributed by atoms with Gasteiger partial charge in [-0.15, -0.1) is 24.0 Å². The molecule has 0 saturated heterocycles. The summed E-state index contributed by atoms with van der Waals surface area (Å²) in [5.74, 6) is 0.477. The Balaban J connectivity index is 0.00000225. The maximum atomic E-state index is 5.70. The summed E-state index contributed by atoms with van der Waals surface area (Å²) in [6, 6.07) is 0.306. The second-order valence-electron chi connectivity index (χ2n) is 3.91. The van der Waals surface area contributed by atoms with Crippen LogP contribution in [0.25, 0.3) is 0 Å². The molecule has 5 nitrogen and oxygen atoms in total. The lowest BCUT2D eigenvalue weighted by atomic mass is 10.2. The van der Waals surface area contributed by atoms with Crippen molar-refractivity contribution in [3.63, 3.8) is 0 Å². The molecule has 0 atom stereocenters. The first kappa shape index (κ1) is 15.2. The summed E-state index contributed by atoms with van der Waals surface area (Å²) in [5, 5.41) is 10.1. The fraction of sp³-hybridized carbons (Fsp3) is 0.600. The third-order valence-electron chi connectivity index (χ3n) is 2.12. The van der Waals surface area contributed by atoms with Crippen LogP contribution in [0.3, 0.4) is 0 Å². The molecule has 4 N–H and O–H groups in total. The minimum atomic E-state index is 0. The highest BCUT2D eigenvalue weighted by molar-refractivity contribution is 14.0. The molecule has 1 aromatic rings. The normalized spacial score (nSPS) is 11.4. The molecule has 1 heterocycles. The molecule has 0 bridgehead atoms. The molecule has 0 fully saturated rings. The lowest BCUT2D eigenvalue weighted by Gasteiger charge is -2.08. The fourth-order valence-corrected chi connectivity index (χ4v) is 1.31. The second-order valence-corrected chi connectivity index (χ2v) is 3.91. The van der Waals surface area contributed by atoms with Gasteiger partial charge < -0.3 is 11.1 Å². The molecule has 0 spiro atoms.